The second-order valence-corrected chi connectivity index (χ2v) is 4.89. The van der Waals surface area contributed by atoms with Gasteiger partial charge in [-0.25, -0.2) is 0 Å². The number of aromatic nitrogens is 1. The Bertz CT molecular complexity index is 642. The quantitative estimate of drug-likeness (QED) is 0.756. The highest BCUT2D eigenvalue weighted by atomic mass is 19.4. The number of benzene rings is 1. The molecule has 1 aromatic heterocycles. The van der Waals surface area contributed by atoms with Crippen molar-refractivity contribution >= 4 is 17.2 Å². The van der Waals surface area contributed by atoms with Crippen LogP contribution in [0.15, 0.2) is 24.3 Å². The zero-order valence-electron chi connectivity index (χ0n) is 10.1. The van der Waals surface area contributed by atoms with Crippen molar-refractivity contribution in [1.82, 2.24) is 4.57 Å². The van der Waals surface area contributed by atoms with Crippen LogP contribution in [0.5, 0.6) is 0 Å². The number of rotatable bonds is 2. The van der Waals surface area contributed by atoms with Gasteiger partial charge in [-0.3, -0.25) is 4.79 Å². The average Bonchev–Trinajstić information content (AvgIpc) is 2.86. The van der Waals surface area contributed by atoms with Crippen molar-refractivity contribution in [3.8, 4) is 0 Å². The minimum Gasteiger partial charge on any atom is -0.344 e. The number of hydrogen-bond donors (Lipinski definition) is 0. The van der Waals surface area contributed by atoms with Gasteiger partial charge in [-0.05, 0) is 12.5 Å². The molecule has 3 rings (SSSR count). The Balaban J connectivity index is 2.16. The molecular formula is C14H12F3NO. The van der Waals surface area contributed by atoms with Crippen molar-refractivity contribution in [2.24, 2.45) is 0 Å². The van der Waals surface area contributed by atoms with Crippen LogP contribution in [0, 0.1) is 0 Å². The molecule has 0 saturated carbocycles. The third-order valence-electron chi connectivity index (χ3n) is 3.74. The van der Waals surface area contributed by atoms with Gasteiger partial charge in [-0.2, -0.15) is 13.2 Å². The number of halogens is 3. The van der Waals surface area contributed by atoms with Gasteiger partial charge in [-0.15, -0.1) is 0 Å². The summed E-state index contributed by atoms with van der Waals surface area (Å²) in [6.45, 7) is 0.546. The van der Waals surface area contributed by atoms with Crippen molar-refractivity contribution in [1.29, 1.82) is 0 Å². The molecule has 0 spiro atoms. The van der Waals surface area contributed by atoms with Crippen molar-refractivity contribution in [2.75, 3.05) is 0 Å². The van der Waals surface area contributed by atoms with Crippen LogP contribution in [-0.4, -0.2) is 17.0 Å². The number of carbonyl (C=O) groups is 1. The SMILES string of the molecule is O=Cc1c2n(c3ccccc13)CCC2CC(F)(F)F. The first kappa shape index (κ1) is 12.3. The summed E-state index contributed by atoms with van der Waals surface area (Å²) in [4.78, 5) is 11.3. The number of alkyl halides is 3. The molecule has 100 valence electrons. The second kappa shape index (κ2) is 4.11. The minimum atomic E-state index is -4.20. The van der Waals surface area contributed by atoms with Crippen molar-refractivity contribution in [3.05, 3.63) is 35.5 Å². The van der Waals surface area contributed by atoms with Crippen LogP contribution in [0.25, 0.3) is 10.9 Å². The molecule has 2 aromatic rings. The molecule has 0 saturated heterocycles. The molecule has 1 atom stereocenters. The number of hydrogen-bond acceptors (Lipinski definition) is 1. The fraction of sp³-hybridized carbons (Fsp3) is 0.357. The molecule has 0 radical (unpaired) electrons. The van der Waals surface area contributed by atoms with E-state index in [1.54, 1.807) is 12.1 Å². The predicted molar refractivity (Wildman–Crippen MR) is 65.4 cm³/mol. The number of carbonyl (C=O) groups excluding carboxylic acids is 1. The number of fused-ring (bicyclic) bond motifs is 3. The molecule has 5 heteroatoms. The maximum absolute atomic E-state index is 12.6. The van der Waals surface area contributed by atoms with E-state index < -0.39 is 18.5 Å². The maximum atomic E-state index is 12.6. The molecule has 0 bridgehead atoms. The summed E-state index contributed by atoms with van der Waals surface area (Å²) in [5.74, 6) is -0.604. The fourth-order valence-corrected chi connectivity index (χ4v) is 3.05. The zero-order chi connectivity index (χ0) is 13.6. The summed E-state index contributed by atoms with van der Waals surface area (Å²) < 4.78 is 39.6. The standard InChI is InChI=1S/C14H12F3NO/c15-14(16,17)7-9-5-6-18-12-4-2-1-3-10(12)11(8-19)13(9)18/h1-4,8-9H,5-7H2. The smallest absolute Gasteiger partial charge is 0.344 e. The molecule has 0 N–H and O–H groups in total. The summed E-state index contributed by atoms with van der Waals surface area (Å²) in [6, 6.07) is 7.27. The first-order valence-electron chi connectivity index (χ1n) is 6.14. The van der Waals surface area contributed by atoms with Crippen molar-refractivity contribution in [3.63, 3.8) is 0 Å². The van der Waals surface area contributed by atoms with Gasteiger partial charge in [0.05, 0.1) is 6.42 Å². The van der Waals surface area contributed by atoms with Gasteiger partial charge in [0.1, 0.15) is 0 Å². The van der Waals surface area contributed by atoms with E-state index in [2.05, 4.69) is 0 Å². The Morgan fingerprint density at radius 2 is 2.05 bits per heavy atom. The summed E-state index contributed by atoms with van der Waals surface area (Å²) in [5, 5.41) is 0.749. The van der Waals surface area contributed by atoms with E-state index in [1.165, 1.54) is 0 Å². The second-order valence-electron chi connectivity index (χ2n) is 4.89. The lowest BCUT2D eigenvalue weighted by Gasteiger charge is -2.13. The van der Waals surface area contributed by atoms with Crippen LogP contribution in [-0.2, 0) is 6.54 Å². The van der Waals surface area contributed by atoms with Gasteiger partial charge in [0, 0.05) is 34.6 Å². The van der Waals surface area contributed by atoms with Crippen LogP contribution >= 0.6 is 0 Å². The van der Waals surface area contributed by atoms with Crippen LogP contribution in [0.4, 0.5) is 13.2 Å². The van der Waals surface area contributed by atoms with Gasteiger partial charge in [-0.1, -0.05) is 18.2 Å². The molecule has 0 fully saturated rings. The summed E-state index contributed by atoms with van der Waals surface area (Å²) in [7, 11) is 0. The Morgan fingerprint density at radius 3 is 2.74 bits per heavy atom. The zero-order valence-corrected chi connectivity index (χ0v) is 10.1. The maximum Gasteiger partial charge on any atom is 0.389 e. The number of aldehydes is 1. The Hall–Kier alpha value is -1.78. The highest BCUT2D eigenvalue weighted by molar-refractivity contribution is 5.99. The predicted octanol–water partition coefficient (Wildman–Crippen LogP) is 3.89. The topological polar surface area (TPSA) is 22.0 Å². The highest BCUT2D eigenvalue weighted by Crippen LogP contribution is 2.42. The number of aryl methyl sites for hydroxylation is 1. The third-order valence-corrected chi connectivity index (χ3v) is 3.74. The van der Waals surface area contributed by atoms with E-state index in [0.717, 1.165) is 10.9 Å². The van der Waals surface area contributed by atoms with Crippen molar-refractivity contribution in [2.45, 2.75) is 31.5 Å². The molecule has 0 amide bonds. The lowest BCUT2D eigenvalue weighted by molar-refractivity contribution is -0.138. The third kappa shape index (κ3) is 1.93. The molecule has 1 aromatic carbocycles. The van der Waals surface area contributed by atoms with Gasteiger partial charge in [0.2, 0.25) is 0 Å². The first-order chi connectivity index (χ1) is 9.01. The Kier molecular flexibility index (Phi) is 2.66. The van der Waals surface area contributed by atoms with Crippen molar-refractivity contribution < 1.29 is 18.0 Å². The monoisotopic (exact) mass is 267 g/mol. The van der Waals surface area contributed by atoms with Crippen LogP contribution in [0.2, 0.25) is 0 Å². The largest absolute Gasteiger partial charge is 0.389 e. The van der Waals surface area contributed by atoms with Crippen LogP contribution in [0.3, 0.4) is 0 Å². The number of para-hydroxylation sites is 1. The van der Waals surface area contributed by atoms with Crippen LogP contribution < -0.4 is 0 Å². The fourth-order valence-electron chi connectivity index (χ4n) is 3.05. The lowest BCUT2D eigenvalue weighted by atomic mass is 9.96. The van der Waals surface area contributed by atoms with Crippen LogP contribution in [0.1, 0.15) is 34.8 Å². The van der Waals surface area contributed by atoms with Gasteiger partial charge in [0.15, 0.2) is 6.29 Å². The molecule has 2 nitrogen and oxygen atoms in total. The molecule has 1 unspecified atom stereocenters. The lowest BCUT2D eigenvalue weighted by Crippen LogP contribution is -2.13. The molecule has 2 heterocycles. The Labute approximate surface area is 107 Å². The molecule has 1 aliphatic rings. The average molecular weight is 267 g/mol. The molecule has 0 aliphatic carbocycles. The molecule has 19 heavy (non-hydrogen) atoms. The van der Waals surface area contributed by atoms with E-state index >= 15 is 0 Å². The highest BCUT2D eigenvalue weighted by Gasteiger charge is 2.38. The number of nitrogens with zero attached hydrogens (tertiary/aromatic N) is 1. The van der Waals surface area contributed by atoms with Gasteiger partial charge >= 0.3 is 6.18 Å². The molecular weight excluding hydrogens is 255 g/mol. The van der Waals surface area contributed by atoms with E-state index in [-0.39, 0.29) is 0 Å². The van der Waals surface area contributed by atoms with E-state index in [1.807, 2.05) is 16.7 Å². The van der Waals surface area contributed by atoms with Gasteiger partial charge in [0.25, 0.3) is 0 Å². The Morgan fingerprint density at radius 1 is 1.32 bits per heavy atom. The first-order valence-corrected chi connectivity index (χ1v) is 6.14. The summed E-state index contributed by atoms with van der Waals surface area (Å²) in [5.41, 5.74) is 1.82. The normalized spacial score (nSPS) is 18.8. The summed E-state index contributed by atoms with van der Waals surface area (Å²) in [6.07, 6.45) is -3.93. The van der Waals surface area contributed by atoms with E-state index in [0.29, 0.717) is 30.5 Å². The summed E-state index contributed by atoms with van der Waals surface area (Å²) >= 11 is 0. The van der Waals surface area contributed by atoms with E-state index in [4.69, 9.17) is 0 Å². The molecule has 1 aliphatic heterocycles. The van der Waals surface area contributed by atoms with Gasteiger partial charge < -0.3 is 4.57 Å². The minimum absolute atomic E-state index is 0.419. The van der Waals surface area contributed by atoms with E-state index in [9.17, 15) is 18.0 Å².